The van der Waals surface area contributed by atoms with Gasteiger partial charge >= 0.3 is 47.6 Å². The fraction of sp³-hybridized carbons (Fsp3) is 0.538. The predicted molar refractivity (Wildman–Crippen MR) is 315 cm³/mol. The third-order valence-electron chi connectivity index (χ3n) is 12.4. The zero-order chi connectivity index (χ0) is 58.8. The van der Waals surface area contributed by atoms with Crippen LogP contribution in [-0.4, -0.2) is 156 Å². The Morgan fingerprint density at radius 1 is 0.802 bits per heavy atom. The van der Waals surface area contributed by atoms with Crippen molar-refractivity contribution in [2.75, 3.05) is 75.8 Å². The fourth-order valence-corrected chi connectivity index (χ4v) is 8.11. The molecule has 1 unspecified atom stereocenters. The molecule has 0 spiro atoms. The van der Waals surface area contributed by atoms with Crippen molar-refractivity contribution in [3.63, 3.8) is 0 Å². The average Bonchev–Trinajstić information content (AvgIpc) is 4.32. The van der Waals surface area contributed by atoms with E-state index >= 15 is 0 Å². The Morgan fingerprint density at radius 2 is 1.35 bits per heavy atom. The number of aromatic nitrogens is 8. The van der Waals surface area contributed by atoms with E-state index in [-0.39, 0.29) is 61.4 Å². The molecule has 5 aromatic heterocycles. The number of rotatable bonds is 8. The minimum absolute atomic E-state index is 0. The molecule has 455 valence electrons. The number of hydrogen-bond donors (Lipinski definition) is 6. The Kier molecular flexibility index (Phi) is 34.4. The minimum atomic E-state index is -4.44. The Balaban J connectivity index is 0.000000515. The molecule has 0 aliphatic carbocycles. The van der Waals surface area contributed by atoms with Crippen molar-refractivity contribution in [1.82, 2.24) is 59.5 Å². The number of anilines is 3. The molecule has 0 radical (unpaired) electrons. The first kappa shape index (κ1) is 73.8. The summed E-state index contributed by atoms with van der Waals surface area (Å²) >= 11 is 4.24. The van der Waals surface area contributed by atoms with Gasteiger partial charge in [0.05, 0.1) is 0 Å². The fourth-order valence-electron chi connectivity index (χ4n) is 7.97. The van der Waals surface area contributed by atoms with Crippen LogP contribution in [0.2, 0.25) is 5.15 Å². The topological polar surface area (TPSA) is 287 Å². The van der Waals surface area contributed by atoms with Crippen LogP contribution in [-0.2, 0) is 38.8 Å². The van der Waals surface area contributed by atoms with Gasteiger partial charge < -0.3 is 59.8 Å². The SMILES string of the molecule is C.CCC(=O)N1CCC(Nc2ncnc3c2nc(-c2ccc(C)nc2)n3C)C1.CCC(=O)N1CC[C@H](N)C1.CCC(=O)N1CC[C@H](N)C1.CNc1ncnc(Cl)c1N.C[C@H]1CCNC1.O=Cc1ccc(C(F)(F)F)nc1.[CH3-].[Cl][Fe]([Cl])[Cl]. The number of aldehydes is 1. The number of nitrogens with zero attached hydrogens (tertiary/aromatic N) is 11. The van der Waals surface area contributed by atoms with E-state index in [2.05, 4.69) is 52.8 Å². The van der Waals surface area contributed by atoms with E-state index in [0.29, 0.717) is 49.4 Å². The molecule has 0 aromatic carbocycles. The van der Waals surface area contributed by atoms with Crippen LogP contribution in [0, 0.1) is 20.3 Å². The predicted octanol–water partition coefficient (Wildman–Crippen LogP) is 8.50. The van der Waals surface area contributed by atoms with Gasteiger partial charge in [-0.2, -0.15) is 13.2 Å². The van der Waals surface area contributed by atoms with Crippen molar-refractivity contribution in [3.05, 3.63) is 78.8 Å². The molecule has 5 aromatic rings. The maximum absolute atomic E-state index is 11.9. The molecule has 0 saturated carbocycles. The van der Waals surface area contributed by atoms with E-state index in [1.807, 2.05) is 72.3 Å². The van der Waals surface area contributed by atoms with Gasteiger partial charge in [0, 0.05) is 120 Å². The zero-order valence-electron chi connectivity index (χ0n) is 46.4. The van der Waals surface area contributed by atoms with Crippen LogP contribution in [0.1, 0.15) is 102 Å². The molecule has 9 rings (SSSR count). The molecule has 3 amide bonds. The monoisotopic (exact) mass is 1260 g/mol. The molecule has 81 heavy (non-hydrogen) atoms. The van der Waals surface area contributed by atoms with Gasteiger partial charge in [0.1, 0.15) is 29.9 Å². The number of nitrogens with one attached hydrogen (secondary N) is 3. The number of imidazole rings is 1. The zero-order valence-corrected chi connectivity index (χ0v) is 50.5. The molecule has 0 bridgehead atoms. The Bertz CT molecular complexity index is 2630. The first-order chi connectivity index (χ1) is 37.5. The molecule has 9 heterocycles. The van der Waals surface area contributed by atoms with Crippen LogP contribution in [0.25, 0.3) is 22.6 Å². The van der Waals surface area contributed by atoms with E-state index in [0.717, 1.165) is 104 Å². The number of nitrogen functional groups attached to an aromatic ring is 1. The molecule has 21 nitrogen and oxygen atoms in total. The van der Waals surface area contributed by atoms with Crippen LogP contribution in [0.5, 0.6) is 0 Å². The van der Waals surface area contributed by atoms with Crippen molar-refractivity contribution >= 4 is 94.4 Å². The van der Waals surface area contributed by atoms with Gasteiger partial charge in [0.25, 0.3) is 0 Å². The molecule has 29 heteroatoms. The summed E-state index contributed by atoms with van der Waals surface area (Å²) in [6.07, 6.45) is 7.55. The van der Waals surface area contributed by atoms with Gasteiger partial charge in [0.15, 0.2) is 34.2 Å². The van der Waals surface area contributed by atoms with Crippen LogP contribution in [0.15, 0.2) is 49.3 Å². The average molecular weight is 1260 g/mol. The molecule has 9 N–H and O–H groups in total. The maximum atomic E-state index is 11.9. The van der Waals surface area contributed by atoms with Crippen LogP contribution >= 0.6 is 41.9 Å². The number of likely N-dealkylation sites (tertiary alicyclic amines) is 3. The molecule has 4 saturated heterocycles. The summed E-state index contributed by atoms with van der Waals surface area (Å²) in [4.78, 5) is 78.1. The first-order valence-corrected chi connectivity index (χ1v) is 30.4. The Labute approximate surface area is 496 Å². The van der Waals surface area contributed by atoms with Crippen molar-refractivity contribution in [1.29, 1.82) is 0 Å². The van der Waals surface area contributed by atoms with Crippen molar-refractivity contribution < 1.29 is 43.5 Å². The van der Waals surface area contributed by atoms with E-state index in [4.69, 9.17) is 64.1 Å². The quantitative estimate of drug-likeness (QED) is 0.0367. The number of pyridine rings is 2. The molecule has 4 fully saturated rings. The van der Waals surface area contributed by atoms with Gasteiger partial charge in [-0.3, -0.25) is 29.1 Å². The Morgan fingerprint density at radius 3 is 1.75 bits per heavy atom. The molecular weight excluding hydrogens is 1180 g/mol. The number of carbonyl (C=O) groups is 4. The standard InChI is InChI=1S/C19H23N7O.C7H4F3NO.2C7H14N2O.C5H7ClN4.C5H11N.CH4.CH3.3ClH.Fe/c1-4-15(27)26-8-7-14(10-26)23-17-16-19(22-11-21-17)25(3)18(24-16)13-6-5-12(2)20-9-13;8-7(9,10)6-2-1-5(4-12)3-11-6;2*1-2-7(10)9-4-3-6(8)5-9;1-8-5-3(7)4(6)9-2-10-5;1-5-2-3-6-4-5;;;;;;/h5-6,9,11,14H,4,7-8,10H2,1-3H3,(H,21,22,23);1-4H;2*6H,2-5,8H2,1H3;2H,7H2,1H3,(H,8,9,10);5-6H,2-4H2,1H3;1H4;1H3;3*1H;/q;;;;;;;-1;;;;+3/p-3/t;;2*6-;;5-;;;;;;/m..00.0....../s1. The Hall–Kier alpha value is -5.24. The van der Waals surface area contributed by atoms with Gasteiger partial charge in [0.2, 0.25) is 17.7 Å². The summed E-state index contributed by atoms with van der Waals surface area (Å²) in [6.45, 7) is 17.1. The number of hydrogen-bond acceptors (Lipinski definition) is 17. The number of aryl methyl sites for hydroxylation is 2. The van der Waals surface area contributed by atoms with Crippen molar-refractivity contribution in [2.24, 2.45) is 24.4 Å². The summed E-state index contributed by atoms with van der Waals surface area (Å²) in [5.41, 5.74) is 19.6. The second-order valence-corrected chi connectivity index (χ2v) is 24.2. The summed E-state index contributed by atoms with van der Waals surface area (Å²) in [5.74, 6) is 3.65. The van der Waals surface area contributed by atoms with Crippen LogP contribution < -0.4 is 33.2 Å². The van der Waals surface area contributed by atoms with Gasteiger partial charge in [-0.1, -0.05) is 46.7 Å². The summed E-state index contributed by atoms with van der Waals surface area (Å²) in [5, 5.41) is 9.78. The number of fused-ring (bicyclic) bond motifs is 1. The van der Waals surface area contributed by atoms with E-state index in [1.165, 1.54) is 25.8 Å². The normalized spacial score (nSPS) is 17.8. The van der Waals surface area contributed by atoms with Crippen molar-refractivity contribution in [2.45, 2.75) is 111 Å². The molecule has 4 atom stereocenters. The number of nitrogens with two attached hydrogens (primary N) is 3. The second kappa shape index (κ2) is 37.8. The summed E-state index contributed by atoms with van der Waals surface area (Å²) in [7, 11) is 18.3. The third-order valence-corrected chi connectivity index (χ3v) is 12.7. The number of carbonyl (C=O) groups excluding carboxylic acids is 4. The number of amides is 3. The van der Waals surface area contributed by atoms with Gasteiger partial charge in [-0.05, 0) is 75.9 Å². The van der Waals surface area contributed by atoms with Crippen molar-refractivity contribution in [3.8, 4) is 11.4 Å². The van der Waals surface area contributed by atoms with Gasteiger partial charge in [-0.15, -0.1) is 0 Å². The molecule has 4 aliphatic heterocycles. The number of halogens is 7. The third kappa shape index (κ3) is 25.4. The molecular formula is C52H80Cl4F3FeN17O4-. The summed E-state index contributed by atoms with van der Waals surface area (Å²) < 4.78 is 37.6. The van der Waals surface area contributed by atoms with E-state index in [9.17, 15) is 32.3 Å². The van der Waals surface area contributed by atoms with Crippen LogP contribution in [0.3, 0.4) is 0 Å². The number of alkyl halides is 3. The second-order valence-electron chi connectivity index (χ2n) is 18.4. The van der Waals surface area contributed by atoms with E-state index < -0.39 is 23.0 Å². The van der Waals surface area contributed by atoms with Crippen LogP contribution in [0.4, 0.5) is 30.5 Å². The first-order valence-electron chi connectivity index (χ1n) is 25.5. The molecule has 4 aliphatic rings. The van der Waals surface area contributed by atoms with Gasteiger partial charge in [-0.25, -0.2) is 24.9 Å². The van der Waals surface area contributed by atoms with E-state index in [1.54, 1.807) is 13.4 Å². The summed E-state index contributed by atoms with van der Waals surface area (Å²) in [6, 6.07) is 6.43.